The Morgan fingerprint density at radius 1 is 0.276 bits per heavy atom. The van der Waals surface area contributed by atoms with E-state index in [2.05, 4.69) is 152 Å². The fourth-order valence-electron chi connectivity index (χ4n) is 8.61. The van der Waals surface area contributed by atoms with Crippen LogP contribution in [0.3, 0.4) is 0 Å². The molecule has 0 bridgehead atoms. The molecule has 3 heterocycles. The summed E-state index contributed by atoms with van der Waals surface area (Å²) in [4.78, 5) is 15.7. The Kier molecular flexibility index (Phi) is 7.16. The Bertz CT molecular complexity index is 3570. The first-order valence-electron chi connectivity index (χ1n) is 19.4. The van der Waals surface area contributed by atoms with Crippen LogP contribution in [0.2, 0.25) is 0 Å². The summed E-state index contributed by atoms with van der Waals surface area (Å²) < 4.78 is 12.6. The number of aromatic nitrogens is 3. The molecular weight excluding hydrogens is 711 g/mol. The third-order valence-electron chi connectivity index (χ3n) is 11.4. The molecule has 0 spiro atoms. The Balaban J connectivity index is 1.07. The summed E-state index contributed by atoms with van der Waals surface area (Å²) in [6.45, 7) is 0. The number of furan rings is 2. The fourth-order valence-corrected chi connectivity index (χ4v) is 8.61. The Labute approximate surface area is 332 Å². The van der Waals surface area contributed by atoms with Crippen LogP contribution in [0.1, 0.15) is 0 Å². The minimum atomic E-state index is 0.599. The molecule has 0 N–H and O–H groups in total. The molecule has 0 saturated heterocycles. The van der Waals surface area contributed by atoms with Crippen molar-refractivity contribution in [1.82, 2.24) is 15.0 Å². The van der Waals surface area contributed by atoms with Crippen LogP contribution in [0.25, 0.3) is 122 Å². The van der Waals surface area contributed by atoms with Gasteiger partial charge in [-0.1, -0.05) is 152 Å². The predicted octanol–water partition coefficient (Wildman–Crippen LogP) is 14.3. The normalized spacial score (nSPS) is 11.8. The maximum Gasteiger partial charge on any atom is 0.164 e. The molecule has 0 atom stereocenters. The van der Waals surface area contributed by atoms with E-state index in [1.54, 1.807) is 0 Å². The number of nitrogens with zero attached hydrogens (tertiary/aromatic N) is 3. The van der Waals surface area contributed by atoms with E-state index in [4.69, 9.17) is 23.8 Å². The smallest absolute Gasteiger partial charge is 0.164 e. The molecule has 0 aliphatic carbocycles. The molecule has 12 aromatic rings. The van der Waals surface area contributed by atoms with Gasteiger partial charge in [-0.15, -0.1) is 0 Å². The van der Waals surface area contributed by atoms with Crippen molar-refractivity contribution in [3.05, 3.63) is 188 Å². The summed E-state index contributed by atoms with van der Waals surface area (Å²) in [5.41, 5.74) is 10.7. The Hall–Kier alpha value is -7.89. The highest BCUT2D eigenvalue weighted by Gasteiger charge is 2.19. The first-order valence-corrected chi connectivity index (χ1v) is 19.4. The Morgan fingerprint density at radius 3 is 1.55 bits per heavy atom. The molecule has 12 rings (SSSR count). The van der Waals surface area contributed by atoms with Crippen molar-refractivity contribution >= 4 is 65.4 Å². The van der Waals surface area contributed by atoms with Crippen LogP contribution in [0, 0.1) is 0 Å². The molecule has 270 valence electrons. The number of hydrogen-bond donors (Lipinski definition) is 0. The molecule has 5 nitrogen and oxygen atoms in total. The first kappa shape index (κ1) is 32.4. The van der Waals surface area contributed by atoms with Crippen LogP contribution >= 0.6 is 0 Å². The summed E-state index contributed by atoms with van der Waals surface area (Å²) in [5.74, 6) is 1.81. The molecule has 5 heteroatoms. The highest BCUT2D eigenvalue weighted by molar-refractivity contribution is 6.19. The number of fused-ring (bicyclic) bond motifs is 9. The number of hydrogen-bond acceptors (Lipinski definition) is 5. The zero-order chi connectivity index (χ0) is 38.2. The van der Waals surface area contributed by atoms with Gasteiger partial charge in [0, 0.05) is 38.2 Å². The van der Waals surface area contributed by atoms with Gasteiger partial charge in [0.15, 0.2) is 17.5 Å². The average molecular weight is 742 g/mol. The van der Waals surface area contributed by atoms with Gasteiger partial charge in [-0.25, -0.2) is 15.0 Å². The second-order valence-corrected chi connectivity index (χ2v) is 14.7. The van der Waals surface area contributed by atoms with Gasteiger partial charge in [-0.2, -0.15) is 0 Å². The molecule has 0 saturated carbocycles. The maximum atomic E-state index is 6.30. The van der Waals surface area contributed by atoms with Gasteiger partial charge in [0.25, 0.3) is 0 Å². The highest BCUT2D eigenvalue weighted by Crippen LogP contribution is 2.42. The van der Waals surface area contributed by atoms with E-state index in [-0.39, 0.29) is 0 Å². The standard InChI is InChI=1S/C53H31N3O2/c1-2-11-32(12-3-1)33-21-24-35(25-22-33)51-54-52(36-26-23-34-27-30-48-50(44(34)31-36)43-16-7-9-19-46(43)58-48)56-53(55-51)41-29-28-39(37-13-4-5-14-38(37)41)40-17-10-20-47-49(40)42-15-6-8-18-45(42)57-47/h1-31H. The second kappa shape index (κ2) is 12.8. The highest BCUT2D eigenvalue weighted by atomic mass is 16.3. The maximum absolute atomic E-state index is 6.30. The van der Waals surface area contributed by atoms with Crippen molar-refractivity contribution in [2.75, 3.05) is 0 Å². The Morgan fingerprint density at radius 2 is 0.793 bits per heavy atom. The van der Waals surface area contributed by atoms with Gasteiger partial charge >= 0.3 is 0 Å². The minimum absolute atomic E-state index is 0.599. The van der Waals surface area contributed by atoms with Crippen LogP contribution in [0.5, 0.6) is 0 Å². The van der Waals surface area contributed by atoms with E-state index in [9.17, 15) is 0 Å². The quantitative estimate of drug-likeness (QED) is 0.176. The van der Waals surface area contributed by atoms with Gasteiger partial charge in [0.1, 0.15) is 22.3 Å². The van der Waals surface area contributed by atoms with Crippen molar-refractivity contribution in [1.29, 1.82) is 0 Å². The molecule has 0 radical (unpaired) electrons. The van der Waals surface area contributed by atoms with Crippen molar-refractivity contribution < 1.29 is 8.83 Å². The van der Waals surface area contributed by atoms with Gasteiger partial charge in [0.05, 0.1) is 0 Å². The molecular formula is C53H31N3O2. The van der Waals surface area contributed by atoms with E-state index in [0.29, 0.717) is 17.5 Å². The average Bonchev–Trinajstić information content (AvgIpc) is 3.88. The molecule has 0 amide bonds. The van der Waals surface area contributed by atoms with Gasteiger partial charge in [-0.05, 0) is 80.2 Å². The summed E-state index contributed by atoms with van der Waals surface area (Å²) in [6, 6.07) is 65.1. The zero-order valence-electron chi connectivity index (χ0n) is 31.1. The van der Waals surface area contributed by atoms with E-state index in [1.165, 1.54) is 0 Å². The van der Waals surface area contributed by atoms with Crippen LogP contribution in [-0.4, -0.2) is 15.0 Å². The van der Waals surface area contributed by atoms with E-state index in [1.807, 2.05) is 36.4 Å². The molecule has 0 fully saturated rings. The minimum Gasteiger partial charge on any atom is -0.456 e. The van der Waals surface area contributed by atoms with Crippen molar-refractivity contribution in [2.45, 2.75) is 0 Å². The molecule has 9 aromatic carbocycles. The number of para-hydroxylation sites is 2. The second-order valence-electron chi connectivity index (χ2n) is 14.7. The summed E-state index contributed by atoms with van der Waals surface area (Å²) in [6.07, 6.45) is 0. The van der Waals surface area contributed by atoms with Crippen molar-refractivity contribution in [3.8, 4) is 56.4 Å². The van der Waals surface area contributed by atoms with Crippen LogP contribution in [-0.2, 0) is 0 Å². The summed E-state index contributed by atoms with van der Waals surface area (Å²) in [7, 11) is 0. The topological polar surface area (TPSA) is 65.0 Å². The molecule has 0 unspecified atom stereocenters. The van der Waals surface area contributed by atoms with Crippen LogP contribution in [0.4, 0.5) is 0 Å². The number of benzene rings is 9. The van der Waals surface area contributed by atoms with Crippen molar-refractivity contribution in [3.63, 3.8) is 0 Å². The van der Waals surface area contributed by atoms with E-state index < -0.39 is 0 Å². The third kappa shape index (κ3) is 5.14. The lowest BCUT2D eigenvalue weighted by atomic mass is 9.92. The summed E-state index contributed by atoms with van der Waals surface area (Å²) in [5, 5.41) is 8.75. The third-order valence-corrected chi connectivity index (χ3v) is 11.4. The van der Waals surface area contributed by atoms with Crippen LogP contribution < -0.4 is 0 Å². The first-order chi connectivity index (χ1) is 28.7. The number of rotatable bonds is 5. The van der Waals surface area contributed by atoms with Gasteiger partial charge in [-0.3, -0.25) is 0 Å². The van der Waals surface area contributed by atoms with Gasteiger partial charge in [0.2, 0.25) is 0 Å². The molecule has 3 aromatic heterocycles. The molecule has 58 heavy (non-hydrogen) atoms. The monoisotopic (exact) mass is 741 g/mol. The SMILES string of the molecule is c1ccc(-c2ccc(-c3nc(-c4ccc5ccc6oc7ccccc7c6c5c4)nc(-c4ccc(-c5cccc6oc7ccccc7c56)c5ccccc45)n3)cc2)cc1. The lowest BCUT2D eigenvalue weighted by Crippen LogP contribution is -2.01. The van der Waals surface area contributed by atoms with Gasteiger partial charge < -0.3 is 8.83 Å². The lowest BCUT2D eigenvalue weighted by molar-refractivity contribution is 0.668. The fraction of sp³-hybridized carbons (Fsp3) is 0. The lowest BCUT2D eigenvalue weighted by Gasteiger charge is -2.14. The molecule has 0 aliphatic rings. The van der Waals surface area contributed by atoms with E-state index >= 15 is 0 Å². The summed E-state index contributed by atoms with van der Waals surface area (Å²) >= 11 is 0. The largest absolute Gasteiger partial charge is 0.456 e. The molecule has 0 aliphatic heterocycles. The zero-order valence-corrected chi connectivity index (χ0v) is 31.1. The van der Waals surface area contributed by atoms with E-state index in [0.717, 1.165) is 104 Å². The van der Waals surface area contributed by atoms with Crippen LogP contribution in [0.15, 0.2) is 197 Å². The predicted molar refractivity (Wildman–Crippen MR) is 237 cm³/mol. The van der Waals surface area contributed by atoms with Crippen molar-refractivity contribution in [2.24, 2.45) is 0 Å².